The number of anilines is 1. The predicted molar refractivity (Wildman–Crippen MR) is 69.0 cm³/mol. The molecule has 0 fully saturated rings. The second kappa shape index (κ2) is 7.84. The minimum absolute atomic E-state index is 0.288. The van der Waals surface area contributed by atoms with Crippen LogP contribution < -0.4 is 10.1 Å². The van der Waals surface area contributed by atoms with Crippen LogP contribution in [0.25, 0.3) is 0 Å². The van der Waals surface area contributed by atoms with Gasteiger partial charge in [-0.1, -0.05) is 0 Å². The van der Waals surface area contributed by atoms with Gasteiger partial charge in [-0.05, 0) is 25.1 Å². The molecule has 0 unspecified atom stereocenters. The summed E-state index contributed by atoms with van der Waals surface area (Å²) in [5, 5.41) is 11.6. The summed E-state index contributed by atoms with van der Waals surface area (Å²) in [5.41, 5.74) is 0.800. The fourth-order valence-electron chi connectivity index (χ4n) is 1.53. The Hall–Kier alpha value is -1.80. The minimum atomic E-state index is -4.47. The topological polar surface area (TPSA) is 67.8 Å². The summed E-state index contributed by atoms with van der Waals surface area (Å²) in [4.78, 5) is 11.4. The Balaban J connectivity index is 2.56. The lowest BCUT2D eigenvalue weighted by Crippen LogP contribution is -2.24. The smallest absolute Gasteiger partial charge is 0.411 e. The maximum absolute atomic E-state index is 11.9. The summed E-state index contributed by atoms with van der Waals surface area (Å²) in [6.45, 7) is -0.269. The number of carbonyl (C=O) groups excluding carboxylic acids is 1. The first kappa shape index (κ1) is 17.3. The number of carbonyl (C=O) groups is 1. The fourth-order valence-corrected chi connectivity index (χ4v) is 1.53. The number of aliphatic hydroxyl groups excluding tert-OH is 1. The van der Waals surface area contributed by atoms with Gasteiger partial charge in [0, 0.05) is 11.3 Å². The van der Waals surface area contributed by atoms with E-state index in [4.69, 9.17) is 4.74 Å². The Bertz CT molecular complexity index is 477. The zero-order valence-corrected chi connectivity index (χ0v) is 11.4. The Morgan fingerprint density at radius 3 is 2.67 bits per heavy atom. The number of alkyl halides is 3. The molecular weight excluding hydrogens is 291 g/mol. The summed E-state index contributed by atoms with van der Waals surface area (Å²) in [5.74, 6) is -0.237. The molecule has 0 saturated carbocycles. The van der Waals surface area contributed by atoms with Crippen LogP contribution in [0.1, 0.15) is 12.5 Å². The summed E-state index contributed by atoms with van der Waals surface area (Å²) >= 11 is 0. The van der Waals surface area contributed by atoms with Gasteiger partial charge in [-0.3, -0.25) is 4.79 Å². The lowest BCUT2D eigenvalue weighted by atomic mass is 10.2. The molecule has 0 aliphatic heterocycles. The summed E-state index contributed by atoms with van der Waals surface area (Å²) in [7, 11) is 0. The molecule has 1 rings (SSSR count). The predicted octanol–water partition coefficient (Wildman–Crippen LogP) is 2.10. The number of rotatable bonds is 7. The highest BCUT2D eigenvalue weighted by molar-refractivity contribution is 5.91. The first-order chi connectivity index (χ1) is 9.85. The molecule has 0 saturated heterocycles. The summed E-state index contributed by atoms with van der Waals surface area (Å²) in [6, 6.07) is 4.56. The second-order valence-electron chi connectivity index (χ2n) is 4.07. The Morgan fingerprint density at radius 2 is 2.10 bits per heavy atom. The van der Waals surface area contributed by atoms with Crippen LogP contribution in [0, 0.1) is 0 Å². The van der Waals surface area contributed by atoms with E-state index in [1.54, 1.807) is 13.0 Å². The van der Waals surface area contributed by atoms with E-state index in [9.17, 15) is 23.1 Å². The maximum atomic E-state index is 11.9. The zero-order chi connectivity index (χ0) is 15.9. The van der Waals surface area contributed by atoms with Gasteiger partial charge < -0.3 is 19.9 Å². The molecule has 1 aromatic rings. The van der Waals surface area contributed by atoms with Crippen LogP contribution in [0.3, 0.4) is 0 Å². The van der Waals surface area contributed by atoms with Crippen molar-refractivity contribution < 1.29 is 32.5 Å². The molecule has 1 aromatic carbocycles. The van der Waals surface area contributed by atoms with E-state index < -0.39 is 25.3 Å². The Morgan fingerprint density at radius 1 is 1.38 bits per heavy atom. The van der Waals surface area contributed by atoms with E-state index in [0.29, 0.717) is 23.6 Å². The lowest BCUT2D eigenvalue weighted by Gasteiger charge is -2.12. The second-order valence-corrected chi connectivity index (χ2v) is 4.07. The number of ether oxygens (including phenoxy) is 2. The van der Waals surface area contributed by atoms with Crippen LogP contribution in [-0.2, 0) is 16.1 Å². The third-order valence-corrected chi connectivity index (χ3v) is 2.31. The quantitative estimate of drug-likeness (QED) is 0.809. The monoisotopic (exact) mass is 307 g/mol. The van der Waals surface area contributed by atoms with Gasteiger partial charge >= 0.3 is 6.18 Å². The number of amides is 1. The van der Waals surface area contributed by atoms with E-state index in [2.05, 4.69) is 10.1 Å². The standard InChI is InChI=1S/C13H16F3NO4/c1-2-21-11-4-3-10(5-9(11)6-18)17-12(19)7-20-8-13(14,15)16/h3-5,18H,2,6-8H2,1H3,(H,17,19). The highest BCUT2D eigenvalue weighted by atomic mass is 19.4. The average Bonchev–Trinajstić information content (AvgIpc) is 2.39. The van der Waals surface area contributed by atoms with E-state index in [-0.39, 0.29) is 6.61 Å². The highest BCUT2D eigenvalue weighted by Gasteiger charge is 2.27. The van der Waals surface area contributed by atoms with Crippen LogP contribution in [0.15, 0.2) is 18.2 Å². The maximum Gasteiger partial charge on any atom is 0.411 e. The molecule has 21 heavy (non-hydrogen) atoms. The van der Waals surface area contributed by atoms with Gasteiger partial charge in [0.1, 0.15) is 19.0 Å². The number of nitrogens with one attached hydrogen (secondary N) is 1. The van der Waals surface area contributed by atoms with E-state index in [1.165, 1.54) is 12.1 Å². The first-order valence-corrected chi connectivity index (χ1v) is 6.16. The van der Waals surface area contributed by atoms with Crippen molar-refractivity contribution in [3.8, 4) is 5.75 Å². The lowest BCUT2D eigenvalue weighted by molar-refractivity contribution is -0.174. The average molecular weight is 307 g/mol. The third kappa shape index (κ3) is 6.46. The van der Waals surface area contributed by atoms with E-state index in [0.717, 1.165) is 0 Å². The van der Waals surface area contributed by atoms with Crippen molar-refractivity contribution >= 4 is 11.6 Å². The van der Waals surface area contributed by atoms with Crippen LogP contribution in [0.4, 0.5) is 18.9 Å². The Labute approximate surface area is 119 Å². The number of aliphatic hydroxyl groups is 1. The number of halogens is 3. The van der Waals surface area contributed by atoms with E-state index in [1.807, 2.05) is 0 Å². The highest BCUT2D eigenvalue weighted by Crippen LogP contribution is 2.23. The fraction of sp³-hybridized carbons (Fsp3) is 0.462. The van der Waals surface area contributed by atoms with Crippen molar-refractivity contribution in [2.24, 2.45) is 0 Å². The molecule has 0 aromatic heterocycles. The molecule has 2 N–H and O–H groups in total. The summed E-state index contributed by atoms with van der Waals surface area (Å²) < 4.78 is 45.1. The van der Waals surface area contributed by atoms with Crippen molar-refractivity contribution in [2.75, 3.05) is 25.1 Å². The Kier molecular flexibility index (Phi) is 6.44. The minimum Gasteiger partial charge on any atom is -0.494 e. The van der Waals surface area contributed by atoms with Crippen LogP contribution >= 0.6 is 0 Å². The van der Waals surface area contributed by atoms with Gasteiger partial charge in [-0.2, -0.15) is 13.2 Å². The van der Waals surface area contributed by atoms with Crippen molar-refractivity contribution in [3.63, 3.8) is 0 Å². The third-order valence-electron chi connectivity index (χ3n) is 2.31. The van der Waals surface area contributed by atoms with Gasteiger partial charge in [-0.25, -0.2) is 0 Å². The first-order valence-electron chi connectivity index (χ1n) is 6.16. The molecule has 0 bridgehead atoms. The van der Waals surface area contributed by atoms with E-state index >= 15 is 0 Å². The molecule has 118 valence electrons. The molecule has 8 heteroatoms. The van der Waals surface area contributed by atoms with Crippen molar-refractivity contribution in [2.45, 2.75) is 19.7 Å². The number of benzene rings is 1. The molecule has 5 nitrogen and oxygen atoms in total. The molecule has 0 spiro atoms. The van der Waals surface area contributed by atoms with Crippen LogP contribution in [-0.4, -0.2) is 37.0 Å². The normalized spacial score (nSPS) is 11.3. The summed E-state index contributed by atoms with van der Waals surface area (Å²) in [6.07, 6.45) is -4.47. The molecular formula is C13H16F3NO4. The molecule has 0 aliphatic carbocycles. The molecule has 1 amide bonds. The number of hydrogen-bond acceptors (Lipinski definition) is 4. The van der Waals surface area contributed by atoms with Crippen LogP contribution in [0.5, 0.6) is 5.75 Å². The number of hydrogen-bond donors (Lipinski definition) is 2. The zero-order valence-electron chi connectivity index (χ0n) is 11.4. The van der Waals surface area contributed by atoms with Crippen molar-refractivity contribution in [1.29, 1.82) is 0 Å². The van der Waals surface area contributed by atoms with Gasteiger partial charge in [0.25, 0.3) is 0 Å². The molecule has 0 aliphatic rings. The largest absolute Gasteiger partial charge is 0.494 e. The SMILES string of the molecule is CCOc1ccc(NC(=O)COCC(F)(F)F)cc1CO. The van der Waals surface area contributed by atoms with Gasteiger partial charge in [0.15, 0.2) is 0 Å². The van der Waals surface area contributed by atoms with Gasteiger partial charge in [0.05, 0.1) is 13.2 Å². The molecule has 0 atom stereocenters. The van der Waals surface area contributed by atoms with Crippen LogP contribution in [0.2, 0.25) is 0 Å². The van der Waals surface area contributed by atoms with Gasteiger partial charge in [0.2, 0.25) is 5.91 Å². The van der Waals surface area contributed by atoms with Crippen molar-refractivity contribution in [1.82, 2.24) is 0 Å². The molecule has 0 heterocycles. The van der Waals surface area contributed by atoms with Gasteiger partial charge in [-0.15, -0.1) is 0 Å². The van der Waals surface area contributed by atoms with Crippen molar-refractivity contribution in [3.05, 3.63) is 23.8 Å². The molecule has 0 radical (unpaired) electrons.